The molecule has 2 heterocycles. The first-order valence-corrected chi connectivity index (χ1v) is 7.48. The van der Waals surface area contributed by atoms with Crippen molar-refractivity contribution in [2.45, 2.75) is 0 Å². The van der Waals surface area contributed by atoms with Crippen LogP contribution in [0, 0.1) is 10.1 Å². The van der Waals surface area contributed by atoms with E-state index in [4.69, 9.17) is 4.74 Å². The molecule has 0 unspecified atom stereocenters. The number of hydrogen-bond acceptors (Lipinski definition) is 5. The molecule has 0 saturated carbocycles. The quantitative estimate of drug-likeness (QED) is 0.635. The van der Waals surface area contributed by atoms with Gasteiger partial charge in [-0.05, 0) is 30.3 Å². The fraction of sp³-hybridized carbons (Fsp3) is 0.312. The van der Waals surface area contributed by atoms with Crippen LogP contribution in [0.5, 0.6) is 5.75 Å². The molecular weight excluding hydrogens is 296 g/mol. The second-order valence-corrected chi connectivity index (χ2v) is 5.33. The fourth-order valence-electron chi connectivity index (χ4n) is 2.80. The molecule has 7 heteroatoms. The summed E-state index contributed by atoms with van der Waals surface area (Å²) in [5, 5.41) is 11.1. The molecule has 2 aromatic rings. The molecular formula is C16H19N4O3+. The highest BCUT2D eigenvalue weighted by molar-refractivity contribution is 5.56. The Balaban J connectivity index is 1.70. The third-order valence-electron chi connectivity index (χ3n) is 4.04. The molecule has 120 valence electrons. The number of methoxy groups -OCH3 is 1. The van der Waals surface area contributed by atoms with Crippen LogP contribution in [0.2, 0.25) is 0 Å². The van der Waals surface area contributed by atoms with Crippen molar-refractivity contribution >= 4 is 17.2 Å². The van der Waals surface area contributed by atoms with E-state index < -0.39 is 0 Å². The molecule has 0 spiro atoms. The standard InChI is InChI=1S/C16H18N4O3/c1-23-14-6-4-13(5-7-14)18-9-11-19(12-10-18)16-15(20(21)22)3-2-8-17-16/h2-8H,9-12H2,1H3/p+1. The van der Waals surface area contributed by atoms with E-state index >= 15 is 0 Å². The number of aromatic amines is 1. The largest absolute Gasteiger partial charge is 0.497 e. The summed E-state index contributed by atoms with van der Waals surface area (Å²) >= 11 is 0. The number of hydrogen-bond donors (Lipinski definition) is 0. The minimum absolute atomic E-state index is 0.116. The van der Waals surface area contributed by atoms with E-state index in [2.05, 4.69) is 9.88 Å². The summed E-state index contributed by atoms with van der Waals surface area (Å²) in [7, 11) is 1.65. The first-order valence-electron chi connectivity index (χ1n) is 7.48. The molecule has 1 aromatic carbocycles. The van der Waals surface area contributed by atoms with Crippen molar-refractivity contribution in [2.75, 3.05) is 43.1 Å². The number of rotatable bonds is 4. The Kier molecular flexibility index (Phi) is 4.27. The van der Waals surface area contributed by atoms with E-state index in [9.17, 15) is 10.1 Å². The lowest BCUT2D eigenvalue weighted by Gasteiger charge is -2.32. The molecule has 1 N–H and O–H groups in total. The Morgan fingerprint density at radius 2 is 1.74 bits per heavy atom. The Bertz CT molecular complexity index is 682. The summed E-state index contributed by atoms with van der Waals surface area (Å²) in [6.07, 6.45) is 1.72. The highest BCUT2D eigenvalue weighted by Gasteiger charge is 2.30. The summed E-state index contributed by atoms with van der Waals surface area (Å²) in [5.74, 6) is 1.41. The Morgan fingerprint density at radius 1 is 1.09 bits per heavy atom. The average molecular weight is 315 g/mol. The number of nitro groups is 1. The topological polar surface area (TPSA) is 73.0 Å². The zero-order chi connectivity index (χ0) is 16.2. The SMILES string of the molecule is COc1ccc(N2CCN(c3[nH+]cccc3[N+](=O)[O-])CC2)cc1. The maximum Gasteiger partial charge on any atom is 0.357 e. The number of pyridine rings is 1. The zero-order valence-electron chi connectivity index (χ0n) is 12.9. The van der Waals surface area contributed by atoms with Crippen molar-refractivity contribution in [2.24, 2.45) is 0 Å². The lowest BCUT2D eigenvalue weighted by Crippen LogP contribution is -2.48. The van der Waals surface area contributed by atoms with E-state index in [1.807, 2.05) is 29.2 Å². The van der Waals surface area contributed by atoms with E-state index in [1.165, 1.54) is 6.07 Å². The van der Waals surface area contributed by atoms with Crippen LogP contribution in [0.25, 0.3) is 0 Å². The predicted molar refractivity (Wildman–Crippen MR) is 87.1 cm³/mol. The van der Waals surface area contributed by atoms with Crippen LogP contribution in [0.4, 0.5) is 17.2 Å². The third-order valence-corrected chi connectivity index (χ3v) is 4.04. The van der Waals surface area contributed by atoms with Crippen molar-refractivity contribution in [1.82, 2.24) is 0 Å². The molecule has 0 amide bonds. The van der Waals surface area contributed by atoms with E-state index in [1.54, 1.807) is 19.4 Å². The van der Waals surface area contributed by atoms with Crippen LogP contribution in [0.15, 0.2) is 42.6 Å². The first-order chi connectivity index (χ1) is 11.2. The van der Waals surface area contributed by atoms with Crippen molar-refractivity contribution in [3.05, 3.63) is 52.7 Å². The number of benzene rings is 1. The Morgan fingerprint density at radius 3 is 2.35 bits per heavy atom. The molecule has 0 radical (unpaired) electrons. The van der Waals surface area contributed by atoms with Crippen LogP contribution in [0.1, 0.15) is 0 Å². The highest BCUT2D eigenvalue weighted by Crippen LogP contribution is 2.25. The summed E-state index contributed by atoms with van der Waals surface area (Å²) in [6, 6.07) is 11.1. The third kappa shape index (κ3) is 3.18. The van der Waals surface area contributed by atoms with Gasteiger partial charge in [-0.15, -0.1) is 0 Å². The van der Waals surface area contributed by atoms with Gasteiger partial charge in [-0.1, -0.05) is 0 Å². The summed E-state index contributed by atoms with van der Waals surface area (Å²) < 4.78 is 5.17. The van der Waals surface area contributed by atoms with Gasteiger partial charge in [0.1, 0.15) is 18.8 Å². The Hall–Kier alpha value is -2.83. The number of anilines is 2. The van der Waals surface area contributed by atoms with E-state index in [0.717, 1.165) is 37.6 Å². The first kappa shape index (κ1) is 15.1. The lowest BCUT2D eigenvalue weighted by molar-refractivity contribution is -0.411. The monoisotopic (exact) mass is 315 g/mol. The maximum atomic E-state index is 11.1. The Labute approximate surface area is 134 Å². The molecule has 1 fully saturated rings. The van der Waals surface area contributed by atoms with Crippen LogP contribution in [-0.2, 0) is 0 Å². The van der Waals surface area contributed by atoms with Crippen LogP contribution in [-0.4, -0.2) is 38.2 Å². The van der Waals surface area contributed by atoms with Gasteiger partial charge in [-0.3, -0.25) is 15.0 Å². The van der Waals surface area contributed by atoms with Gasteiger partial charge in [0.25, 0.3) is 0 Å². The molecule has 1 aromatic heterocycles. The number of H-pyrrole nitrogens is 1. The minimum atomic E-state index is -0.346. The lowest BCUT2D eigenvalue weighted by atomic mass is 10.2. The number of nitrogens with one attached hydrogen (secondary N) is 1. The molecule has 23 heavy (non-hydrogen) atoms. The zero-order valence-corrected chi connectivity index (χ0v) is 12.9. The molecule has 1 aliphatic heterocycles. The van der Waals surface area contributed by atoms with Gasteiger partial charge in [0, 0.05) is 11.8 Å². The van der Waals surface area contributed by atoms with Gasteiger partial charge < -0.3 is 9.64 Å². The second-order valence-electron chi connectivity index (χ2n) is 5.33. The van der Waals surface area contributed by atoms with Crippen molar-refractivity contribution in [1.29, 1.82) is 0 Å². The second kappa shape index (κ2) is 6.51. The van der Waals surface area contributed by atoms with Gasteiger partial charge >= 0.3 is 11.5 Å². The van der Waals surface area contributed by atoms with Crippen LogP contribution >= 0.6 is 0 Å². The summed E-state index contributed by atoms with van der Waals surface area (Å²) in [6.45, 7) is 3.08. The minimum Gasteiger partial charge on any atom is -0.497 e. The average Bonchev–Trinajstić information content (AvgIpc) is 2.62. The van der Waals surface area contributed by atoms with Gasteiger partial charge in [0.05, 0.1) is 31.3 Å². The van der Waals surface area contributed by atoms with Crippen molar-refractivity contribution in [3.8, 4) is 5.75 Å². The molecule has 3 rings (SSSR count). The smallest absolute Gasteiger partial charge is 0.357 e. The van der Waals surface area contributed by atoms with Crippen LogP contribution < -0.4 is 19.5 Å². The molecule has 1 aliphatic rings. The molecule has 0 atom stereocenters. The number of aromatic nitrogens is 1. The number of ether oxygens (including phenoxy) is 1. The van der Waals surface area contributed by atoms with Crippen molar-refractivity contribution in [3.63, 3.8) is 0 Å². The molecule has 0 bridgehead atoms. The number of piperazine rings is 1. The van der Waals surface area contributed by atoms with E-state index in [0.29, 0.717) is 5.82 Å². The number of nitrogens with zero attached hydrogens (tertiary/aromatic N) is 3. The van der Waals surface area contributed by atoms with Gasteiger partial charge in [0.2, 0.25) is 0 Å². The molecule has 7 nitrogen and oxygen atoms in total. The normalized spacial score (nSPS) is 14.7. The molecule has 1 saturated heterocycles. The highest BCUT2D eigenvalue weighted by atomic mass is 16.6. The molecule has 0 aliphatic carbocycles. The fourth-order valence-corrected chi connectivity index (χ4v) is 2.80. The van der Waals surface area contributed by atoms with E-state index in [-0.39, 0.29) is 10.6 Å². The van der Waals surface area contributed by atoms with Crippen molar-refractivity contribution < 1.29 is 14.6 Å². The summed E-state index contributed by atoms with van der Waals surface area (Å²) in [4.78, 5) is 18.1. The van der Waals surface area contributed by atoms with Gasteiger partial charge in [-0.2, -0.15) is 0 Å². The van der Waals surface area contributed by atoms with Gasteiger partial charge in [-0.25, -0.2) is 4.98 Å². The summed E-state index contributed by atoms with van der Waals surface area (Å²) in [5.41, 5.74) is 1.25. The van der Waals surface area contributed by atoms with Crippen LogP contribution in [0.3, 0.4) is 0 Å². The maximum absolute atomic E-state index is 11.1. The predicted octanol–water partition coefficient (Wildman–Crippen LogP) is 1.74. The van der Waals surface area contributed by atoms with Gasteiger partial charge in [0.15, 0.2) is 0 Å².